The largest absolute Gasteiger partial charge is 0.472 e. The lowest BCUT2D eigenvalue weighted by Crippen LogP contribution is -2.37. The number of carbonyl (C=O) groups excluding carboxylic acids is 1. The molecule has 0 unspecified atom stereocenters. The van der Waals surface area contributed by atoms with Gasteiger partial charge in [0.05, 0.1) is 17.9 Å². The smallest absolute Gasteiger partial charge is 0.254 e. The summed E-state index contributed by atoms with van der Waals surface area (Å²) in [6.45, 7) is 3.55. The maximum absolute atomic E-state index is 11.6. The van der Waals surface area contributed by atoms with Gasteiger partial charge in [0.2, 0.25) is 0 Å². The number of piperidine rings is 1. The van der Waals surface area contributed by atoms with Crippen LogP contribution in [0.3, 0.4) is 0 Å². The Labute approximate surface area is 107 Å². The normalized spacial score (nSPS) is 17.8. The second kappa shape index (κ2) is 6.56. The van der Waals surface area contributed by atoms with Crippen LogP contribution in [0.4, 0.5) is 0 Å². The molecule has 0 saturated carbocycles. The quantitative estimate of drug-likeness (QED) is 0.763. The van der Waals surface area contributed by atoms with Gasteiger partial charge >= 0.3 is 0 Å². The Morgan fingerprint density at radius 3 is 2.94 bits per heavy atom. The van der Waals surface area contributed by atoms with Crippen LogP contribution in [0.5, 0.6) is 0 Å². The predicted octanol–water partition coefficient (Wildman–Crippen LogP) is 0.856. The van der Waals surface area contributed by atoms with Crippen LogP contribution in [0.15, 0.2) is 23.0 Å². The van der Waals surface area contributed by atoms with Crippen molar-refractivity contribution in [2.45, 2.75) is 25.4 Å². The van der Waals surface area contributed by atoms with Crippen LogP contribution in [0, 0.1) is 0 Å². The molecule has 0 spiro atoms. The molecule has 0 bridgehead atoms. The standard InChI is InChI=1S/C13H20N2O3/c16-12-2-7-15(8-3-12)6-1-5-14-13(17)11-4-9-18-10-11/h4,9-10,12,16H,1-3,5-8H2,(H,14,17). The number of aliphatic hydroxyl groups excluding tert-OH is 1. The lowest BCUT2D eigenvalue weighted by Gasteiger charge is -2.29. The minimum atomic E-state index is -0.123. The lowest BCUT2D eigenvalue weighted by molar-refractivity contribution is 0.0816. The molecule has 100 valence electrons. The fourth-order valence-corrected chi connectivity index (χ4v) is 2.14. The molecule has 1 aromatic heterocycles. The molecule has 0 radical (unpaired) electrons. The first-order chi connectivity index (χ1) is 8.75. The molecule has 1 aromatic rings. The van der Waals surface area contributed by atoms with Crippen LogP contribution in [-0.2, 0) is 0 Å². The monoisotopic (exact) mass is 252 g/mol. The van der Waals surface area contributed by atoms with Gasteiger partial charge in [0.15, 0.2) is 0 Å². The first-order valence-electron chi connectivity index (χ1n) is 6.46. The molecule has 1 fully saturated rings. The van der Waals surface area contributed by atoms with Gasteiger partial charge in [-0.15, -0.1) is 0 Å². The first kappa shape index (κ1) is 13.1. The lowest BCUT2D eigenvalue weighted by atomic mass is 10.1. The zero-order valence-electron chi connectivity index (χ0n) is 10.5. The van der Waals surface area contributed by atoms with Gasteiger partial charge in [-0.2, -0.15) is 0 Å². The highest BCUT2D eigenvalue weighted by atomic mass is 16.3. The van der Waals surface area contributed by atoms with Crippen LogP contribution in [0.2, 0.25) is 0 Å². The summed E-state index contributed by atoms with van der Waals surface area (Å²) in [5.74, 6) is -0.0854. The van der Waals surface area contributed by atoms with E-state index >= 15 is 0 Å². The summed E-state index contributed by atoms with van der Waals surface area (Å²) in [4.78, 5) is 13.9. The van der Waals surface area contributed by atoms with Crippen molar-refractivity contribution in [2.24, 2.45) is 0 Å². The van der Waals surface area contributed by atoms with E-state index in [2.05, 4.69) is 10.2 Å². The number of likely N-dealkylation sites (tertiary alicyclic amines) is 1. The Balaban J connectivity index is 1.57. The molecule has 1 aliphatic heterocycles. The van der Waals surface area contributed by atoms with Crippen molar-refractivity contribution < 1.29 is 14.3 Å². The van der Waals surface area contributed by atoms with Crippen molar-refractivity contribution >= 4 is 5.91 Å². The number of nitrogens with zero attached hydrogens (tertiary/aromatic N) is 1. The molecule has 2 N–H and O–H groups in total. The molecule has 5 nitrogen and oxygen atoms in total. The zero-order chi connectivity index (χ0) is 12.8. The molecule has 2 heterocycles. The Kier molecular flexibility index (Phi) is 4.78. The van der Waals surface area contributed by atoms with Gasteiger partial charge in [0.25, 0.3) is 5.91 Å². The van der Waals surface area contributed by atoms with Crippen LogP contribution in [-0.4, -0.2) is 48.2 Å². The average Bonchev–Trinajstić information content (AvgIpc) is 2.90. The van der Waals surface area contributed by atoms with Gasteiger partial charge in [-0.25, -0.2) is 0 Å². The van der Waals surface area contributed by atoms with E-state index in [1.54, 1.807) is 6.07 Å². The Morgan fingerprint density at radius 2 is 2.28 bits per heavy atom. The number of nitrogens with one attached hydrogen (secondary N) is 1. The van der Waals surface area contributed by atoms with Crippen molar-refractivity contribution in [1.29, 1.82) is 0 Å². The number of hydrogen-bond donors (Lipinski definition) is 2. The van der Waals surface area contributed by atoms with Crippen molar-refractivity contribution in [3.05, 3.63) is 24.2 Å². The molecule has 1 aliphatic rings. The van der Waals surface area contributed by atoms with E-state index in [0.717, 1.165) is 38.9 Å². The fourth-order valence-electron chi connectivity index (χ4n) is 2.14. The molecule has 0 aliphatic carbocycles. The molecule has 18 heavy (non-hydrogen) atoms. The van der Waals surface area contributed by atoms with E-state index < -0.39 is 0 Å². The number of carbonyl (C=O) groups is 1. The number of furan rings is 1. The van der Waals surface area contributed by atoms with Crippen LogP contribution >= 0.6 is 0 Å². The van der Waals surface area contributed by atoms with Crippen LogP contribution < -0.4 is 5.32 Å². The number of rotatable bonds is 5. The second-order valence-electron chi connectivity index (χ2n) is 4.69. The zero-order valence-corrected chi connectivity index (χ0v) is 10.5. The summed E-state index contributed by atoms with van der Waals surface area (Å²) >= 11 is 0. The maximum Gasteiger partial charge on any atom is 0.254 e. The third-order valence-electron chi connectivity index (χ3n) is 3.28. The SMILES string of the molecule is O=C(NCCCN1CCC(O)CC1)c1ccoc1. The van der Waals surface area contributed by atoms with Gasteiger partial charge in [0.1, 0.15) is 6.26 Å². The molecule has 0 atom stereocenters. The van der Waals surface area contributed by atoms with E-state index in [4.69, 9.17) is 4.42 Å². The van der Waals surface area contributed by atoms with Crippen molar-refractivity contribution in [3.8, 4) is 0 Å². The summed E-state index contributed by atoms with van der Waals surface area (Å²) in [7, 11) is 0. The van der Waals surface area contributed by atoms with Crippen LogP contribution in [0.25, 0.3) is 0 Å². The highest BCUT2D eigenvalue weighted by molar-refractivity contribution is 5.93. The molecule has 1 saturated heterocycles. The van der Waals surface area contributed by atoms with E-state index in [9.17, 15) is 9.90 Å². The minimum Gasteiger partial charge on any atom is -0.472 e. The highest BCUT2D eigenvalue weighted by Crippen LogP contribution is 2.09. The summed E-state index contributed by atoms with van der Waals surface area (Å²) in [6, 6.07) is 1.65. The van der Waals surface area contributed by atoms with E-state index in [1.165, 1.54) is 12.5 Å². The number of aliphatic hydroxyl groups is 1. The average molecular weight is 252 g/mol. The minimum absolute atomic E-state index is 0.0854. The van der Waals surface area contributed by atoms with Crippen molar-refractivity contribution in [1.82, 2.24) is 10.2 Å². The fraction of sp³-hybridized carbons (Fsp3) is 0.615. The summed E-state index contributed by atoms with van der Waals surface area (Å²) in [5.41, 5.74) is 0.566. The van der Waals surface area contributed by atoms with E-state index in [0.29, 0.717) is 12.1 Å². The van der Waals surface area contributed by atoms with Crippen LogP contribution in [0.1, 0.15) is 29.6 Å². The molecule has 1 amide bonds. The van der Waals surface area contributed by atoms with Gasteiger partial charge < -0.3 is 19.7 Å². The Morgan fingerprint density at radius 1 is 1.50 bits per heavy atom. The molecule has 2 rings (SSSR count). The molecule has 5 heteroatoms. The third kappa shape index (κ3) is 3.85. The van der Waals surface area contributed by atoms with E-state index in [-0.39, 0.29) is 12.0 Å². The molecular weight excluding hydrogens is 232 g/mol. The maximum atomic E-state index is 11.6. The Bertz CT molecular complexity index is 356. The first-order valence-corrected chi connectivity index (χ1v) is 6.46. The molecular formula is C13H20N2O3. The number of hydrogen-bond acceptors (Lipinski definition) is 4. The third-order valence-corrected chi connectivity index (χ3v) is 3.28. The molecule has 0 aromatic carbocycles. The van der Waals surface area contributed by atoms with Crippen molar-refractivity contribution in [2.75, 3.05) is 26.2 Å². The predicted molar refractivity (Wildman–Crippen MR) is 67.3 cm³/mol. The summed E-state index contributed by atoms with van der Waals surface area (Å²) < 4.78 is 4.85. The van der Waals surface area contributed by atoms with Gasteiger partial charge in [-0.3, -0.25) is 4.79 Å². The topological polar surface area (TPSA) is 65.7 Å². The van der Waals surface area contributed by atoms with Gasteiger partial charge in [-0.1, -0.05) is 0 Å². The summed E-state index contributed by atoms with van der Waals surface area (Å²) in [6.07, 6.45) is 5.47. The van der Waals surface area contributed by atoms with Crippen molar-refractivity contribution in [3.63, 3.8) is 0 Å². The van der Waals surface area contributed by atoms with Gasteiger partial charge in [0, 0.05) is 19.6 Å². The highest BCUT2D eigenvalue weighted by Gasteiger charge is 2.16. The van der Waals surface area contributed by atoms with E-state index in [1.807, 2.05) is 0 Å². The summed E-state index contributed by atoms with van der Waals surface area (Å²) in [5, 5.41) is 12.2. The Hall–Kier alpha value is -1.33. The number of amides is 1. The van der Waals surface area contributed by atoms with Gasteiger partial charge in [-0.05, 0) is 31.9 Å². The second-order valence-corrected chi connectivity index (χ2v) is 4.69.